The minimum atomic E-state index is -0.972. The second-order valence-corrected chi connectivity index (χ2v) is 5.43. The Bertz CT molecular complexity index is 418. The molecule has 106 valence electrons. The first-order valence-electron chi connectivity index (χ1n) is 6.73. The van der Waals surface area contributed by atoms with Gasteiger partial charge in [-0.05, 0) is 37.8 Å². The van der Waals surface area contributed by atoms with Crippen molar-refractivity contribution in [3.05, 3.63) is 35.6 Å². The summed E-state index contributed by atoms with van der Waals surface area (Å²) in [6.45, 7) is 1.42. The van der Waals surface area contributed by atoms with Crippen LogP contribution in [0.4, 0.5) is 4.39 Å². The van der Waals surface area contributed by atoms with Gasteiger partial charge in [-0.25, -0.2) is 4.39 Å². The van der Waals surface area contributed by atoms with Crippen molar-refractivity contribution in [2.24, 2.45) is 0 Å². The van der Waals surface area contributed by atoms with Gasteiger partial charge in [-0.3, -0.25) is 0 Å². The average molecular weight is 268 g/mol. The van der Waals surface area contributed by atoms with Crippen molar-refractivity contribution in [2.75, 3.05) is 13.2 Å². The van der Waals surface area contributed by atoms with Crippen LogP contribution in [0, 0.1) is 5.82 Å². The van der Waals surface area contributed by atoms with Gasteiger partial charge in [0.25, 0.3) is 0 Å². The smallest absolute Gasteiger partial charge is 0.127 e. The van der Waals surface area contributed by atoms with E-state index in [-0.39, 0.29) is 25.4 Å². The van der Waals surface area contributed by atoms with E-state index >= 15 is 0 Å². The maximum atomic E-state index is 13.9. The second-order valence-electron chi connectivity index (χ2n) is 5.43. The van der Waals surface area contributed by atoms with Gasteiger partial charge >= 0.3 is 0 Å². The van der Waals surface area contributed by atoms with E-state index in [0.717, 1.165) is 12.8 Å². The molecule has 1 aromatic rings. The Kier molecular flexibility index (Phi) is 4.55. The van der Waals surface area contributed by atoms with E-state index in [1.54, 1.807) is 18.2 Å². The molecule has 2 atom stereocenters. The van der Waals surface area contributed by atoms with E-state index in [2.05, 4.69) is 0 Å². The molecule has 2 rings (SSSR count). The molecule has 1 aliphatic heterocycles. The lowest BCUT2D eigenvalue weighted by molar-refractivity contribution is 0.0104. The first-order chi connectivity index (χ1) is 9.11. The van der Waals surface area contributed by atoms with Gasteiger partial charge in [0.05, 0.1) is 25.4 Å². The summed E-state index contributed by atoms with van der Waals surface area (Å²) < 4.78 is 19.7. The fraction of sp³-hybridized carbons (Fsp3) is 0.600. The van der Waals surface area contributed by atoms with E-state index in [4.69, 9.17) is 4.74 Å². The normalized spacial score (nSPS) is 23.8. The zero-order valence-electron chi connectivity index (χ0n) is 11.2. The van der Waals surface area contributed by atoms with Crippen LogP contribution in [0.3, 0.4) is 0 Å². The molecule has 1 aromatic carbocycles. The van der Waals surface area contributed by atoms with Crippen molar-refractivity contribution < 1.29 is 19.3 Å². The highest BCUT2D eigenvalue weighted by Crippen LogP contribution is 2.35. The van der Waals surface area contributed by atoms with Crippen LogP contribution in [0.1, 0.15) is 31.7 Å². The number of benzene rings is 1. The number of hydrogen-bond acceptors (Lipinski definition) is 3. The van der Waals surface area contributed by atoms with Gasteiger partial charge in [0.2, 0.25) is 0 Å². The van der Waals surface area contributed by atoms with E-state index in [1.165, 1.54) is 6.07 Å². The fourth-order valence-electron chi connectivity index (χ4n) is 2.82. The second kappa shape index (κ2) is 5.99. The maximum Gasteiger partial charge on any atom is 0.127 e. The average Bonchev–Trinajstić information content (AvgIpc) is 2.82. The number of aliphatic hydroxyl groups excluding tert-OH is 2. The lowest BCUT2D eigenvalue weighted by Crippen LogP contribution is -2.39. The number of ether oxygens (including phenoxy) is 1. The Morgan fingerprint density at radius 2 is 1.95 bits per heavy atom. The van der Waals surface area contributed by atoms with E-state index in [1.807, 2.05) is 6.92 Å². The van der Waals surface area contributed by atoms with Crippen LogP contribution in [-0.4, -0.2) is 35.6 Å². The van der Waals surface area contributed by atoms with Gasteiger partial charge in [0.15, 0.2) is 0 Å². The van der Waals surface area contributed by atoms with Crippen LogP contribution in [0.5, 0.6) is 0 Å². The minimum absolute atomic E-state index is 0.0334. The van der Waals surface area contributed by atoms with Gasteiger partial charge in [0, 0.05) is 5.41 Å². The number of aliphatic hydroxyl groups is 2. The molecule has 1 saturated heterocycles. The van der Waals surface area contributed by atoms with Crippen LogP contribution in [-0.2, 0) is 10.2 Å². The van der Waals surface area contributed by atoms with Gasteiger partial charge in [-0.2, -0.15) is 0 Å². The fourth-order valence-corrected chi connectivity index (χ4v) is 2.82. The molecular weight excluding hydrogens is 247 g/mol. The molecule has 1 fully saturated rings. The molecule has 1 aliphatic rings. The minimum Gasteiger partial charge on any atom is -0.395 e. The van der Waals surface area contributed by atoms with Gasteiger partial charge in [-0.1, -0.05) is 18.2 Å². The summed E-state index contributed by atoms with van der Waals surface area (Å²) in [7, 11) is 0. The Morgan fingerprint density at radius 1 is 1.26 bits per heavy atom. The van der Waals surface area contributed by atoms with Crippen LogP contribution in [0.25, 0.3) is 0 Å². The van der Waals surface area contributed by atoms with Crippen LogP contribution < -0.4 is 0 Å². The Labute approximate surface area is 113 Å². The molecule has 0 bridgehead atoms. The third kappa shape index (κ3) is 2.96. The Balaban J connectivity index is 2.25. The summed E-state index contributed by atoms with van der Waals surface area (Å²) >= 11 is 0. The third-order valence-corrected chi connectivity index (χ3v) is 3.99. The van der Waals surface area contributed by atoms with Crippen molar-refractivity contribution >= 4 is 0 Å². The van der Waals surface area contributed by atoms with Crippen molar-refractivity contribution in [2.45, 2.75) is 43.8 Å². The lowest BCUT2D eigenvalue weighted by atomic mass is 9.76. The Morgan fingerprint density at radius 3 is 2.47 bits per heavy atom. The molecule has 1 heterocycles. The maximum absolute atomic E-state index is 13.9. The zero-order valence-corrected chi connectivity index (χ0v) is 11.2. The topological polar surface area (TPSA) is 49.7 Å². The summed E-state index contributed by atoms with van der Waals surface area (Å²) in [5.41, 5.74) is -0.608. The predicted molar refractivity (Wildman–Crippen MR) is 70.4 cm³/mol. The highest BCUT2D eigenvalue weighted by Gasteiger charge is 2.38. The van der Waals surface area contributed by atoms with Crippen LogP contribution in [0.2, 0.25) is 0 Å². The molecule has 0 aliphatic carbocycles. The number of rotatable bonds is 5. The predicted octanol–water partition coefficient (Wildman–Crippen LogP) is 2.01. The zero-order chi connectivity index (χ0) is 13.9. The van der Waals surface area contributed by atoms with Crippen molar-refractivity contribution in [1.29, 1.82) is 0 Å². The largest absolute Gasteiger partial charge is 0.395 e. The highest BCUT2D eigenvalue weighted by molar-refractivity contribution is 5.28. The molecule has 19 heavy (non-hydrogen) atoms. The SMILES string of the molecule is CC1CCC(CC(CO)(CO)c2ccccc2F)O1. The molecule has 2 N–H and O–H groups in total. The van der Waals surface area contributed by atoms with Crippen molar-refractivity contribution in [3.63, 3.8) is 0 Å². The molecule has 0 saturated carbocycles. The van der Waals surface area contributed by atoms with Crippen LogP contribution >= 0.6 is 0 Å². The molecule has 0 aromatic heterocycles. The number of halogens is 1. The van der Waals surface area contributed by atoms with Crippen LogP contribution in [0.15, 0.2) is 24.3 Å². The summed E-state index contributed by atoms with van der Waals surface area (Å²) in [4.78, 5) is 0. The highest BCUT2D eigenvalue weighted by atomic mass is 19.1. The van der Waals surface area contributed by atoms with E-state index in [9.17, 15) is 14.6 Å². The first-order valence-corrected chi connectivity index (χ1v) is 6.73. The summed E-state index contributed by atoms with van der Waals surface area (Å²) in [6.07, 6.45) is 2.45. The van der Waals surface area contributed by atoms with Gasteiger partial charge in [-0.15, -0.1) is 0 Å². The summed E-state index contributed by atoms with van der Waals surface area (Å²) in [5, 5.41) is 19.4. The van der Waals surface area contributed by atoms with Crippen molar-refractivity contribution in [3.8, 4) is 0 Å². The van der Waals surface area contributed by atoms with E-state index in [0.29, 0.717) is 12.0 Å². The number of hydrogen-bond donors (Lipinski definition) is 2. The lowest BCUT2D eigenvalue weighted by Gasteiger charge is -2.33. The molecule has 3 nitrogen and oxygen atoms in total. The standard InChI is InChI=1S/C15H21FO3/c1-11-6-7-12(19-11)8-15(9-17,10-18)13-4-2-3-5-14(13)16/h2-5,11-12,17-18H,6-10H2,1H3. The Hall–Kier alpha value is -0.970. The summed E-state index contributed by atoms with van der Waals surface area (Å²) in [6, 6.07) is 6.30. The molecule has 0 spiro atoms. The van der Waals surface area contributed by atoms with Gasteiger partial charge < -0.3 is 14.9 Å². The molecule has 4 heteroatoms. The van der Waals surface area contributed by atoms with Crippen molar-refractivity contribution in [1.82, 2.24) is 0 Å². The summed E-state index contributed by atoms with van der Waals surface area (Å²) in [5.74, 6) is -0.392. The van der Waals surface area contributed by atoms with Gasteiger partial charge in [0.1, 0.15) is 5.82 Å². The molecule has 0 amide bonds. The molecular formula is C15H21FO3. The molecule has 2 unspecified atom stereocenters. The third-order valence-electron chi connectivity index (χ3n) is 3.99. The molecule has 0 radical (unpaired) electrons. The van der Waals surface area contributed by atoms with E-state index < -0.39 is 11.2 Å². The first kappa shape index (κ1) is 14.4. The monoisotopic (exact) mass is 268 g/mol. The quantitative estimate of drug-likeness (QED) is 0.859.